The Morgan fingerprint density at radius 2 is 1.70 bits per heavy atom. The highest BCUT2D eigenvalue weighted by Gasteiger charge is 2.17. The van der Waals surface area contributed by atoms with Crippen molar-refractivity contribution in [2.24, 2.45) is 0 Å². The molecule has 0 bridgehead atoms. The van der Waals surface area contributed by atoms with Gasteiger partial charge in [-0.25, -0.2) is 4.79 Å². The van der Waals surface area contributed by atoms with Gasteiger partial charge in [0.1, 0.15) is 0 Å². The molecule has 0 aromatic heterocycles. The Kier molecular flexibility index (Phi) is 7.94. The second kappa shape index (κ2) is 9.71. The number of carbonyl (C=O) groups excluding carboxylic acids is 2. The van der Waals surface area contributed by atoms with Crippen molar-refractivity contribution in [2.45, 2.75) is 52.4 Å². The number of aromatic hydroxyl groups is 2. The first-order chi connectivity index (χ1) is 11.0. The number of unbranched alkanes of at least 4 members (excludes halogenated alkanes) is 5. The smallest absolute Gasteiger partial charge is 0.338 e. The first kappa shape index (κ1) is 18.8. The number of rotatable bonds is 9. The fourth-order valence-electron chi connectivity index (χ4n) is 2.07. The van der Waals surface area contributed by atoms with Gasteiger partial charge in [0, 0.05) is 6.92 Å². The van der Waals surface area contributed by atoms with Gasteiger partial charge in [-0.05, 0) is 18.6 Å². The van der Waals surface area contributed by atoms with Crippen molar-refractivity contribution in [3.63, 3.8) is 0 Å². The minimum atomic E-state index is -0.669. The summed E-state index contributed by atoms with van der Waals surface area (Å²) in [5.74, 6) is -2.72. The van der Waals surface area contributed by atoms with Crippen LogP contribution in [0.1, 0.15) is 62.7 Å². The zero-order valence-electron chi connectivity index (χ0n) is 13.6. The van der Waals surface area contributed by atoms with Crippen LogP contribution in [0.4, 0.5) is 0 Å². The van der Waals surface area contributed by atoms with E-state index in [0.717, 1.165) is 32.3 Å². The van der Waals surface area contributed by atoms with Crippen molar-refractivity contribution >= 4 is 11.9 Å². The van der Waals surface area contributed by atoms with Gasteiger partial charge in [0.15, 0.2) is 11.5 Å². The molecule has 128 valence electrons. The van der Waals surface area contributed by atoms with Crippen LogP contribution >= 0.6 is 0 Å². The molecule has 6 nitrogen and oxygen atoms in total. The van der Waals surface area contributed by atoms with Gasteiger partial charge in [-0.15, -0.1) is 0 Å². The predicted molar refractivity (Wildman–Crippen MR) is 84.7 cm³/mol. The van der Waals surface area contributed by atoms with E-state index in [4.69, 9.17) is 9.47 Å². The molecule has 23 heavy (non-hydrogen) atoms. The second-order valence-corrected chi connectivity index (χ2v) is 5.34. The van der Waals surface area contributed by atoms with Gasteiger partial charge in [0.25, 0.3) is 0 Å². The van der Waals surface area contributed by atoms with Crippen LogP contribution in [0.3, 0.4) is 0 Å². The third kappa shape index (κ3) is 6.59. The molecule has 0 aliphatic carbocycles. The van der Waals surface area contributed by atoms with E-state index in [0.29, 0.717) is 0 Å². The summed E-state index contributed by atoms with van der Waals surface area (Å²) >= 11 is 0. The van der Waals surface area contributed by atoms with E-state index >= 15 is 0 Å². The molecule has 0 spiro atoms. The summed E-state index contributed by atoms with van der Waals surface area (Å²) in [6.45, 7) is 3.59. The summed E-state index contributed by atoms with van der Waals surface area (Å²) in [5.41, 5.74) is 0.0162. The molecule has 0 radical (unpaired) electrons. The maximum Gasteiger partial charge on any atom is 0.338 e. The lowest BCUT2D eigenvalue weighted by Crippen LogP contribution is -2.08. The van der Waals surface area contributed by atoms with Gasteiger partial charge in [0.05, 0.1) is 12.2 Å². The standard InChI is InChI=1S/C17H24O6/c1-3-4-5-6-7-8-9-22-17(21)13-10-14(19)16(20)15(11-13)23-12(2)18/h10-11,19-20H,3-9H2,1-2H3. The number of hydrogen-bond acceptors (Lipinski definition) is 6. The molecular weight excluding hydrogens is 300 g/mol. The van der Waals surface area contributed by atoms with Crippen molar-refractivity contribution in [2.75, 3.05) is 6.61 Å². The van der Waals surface area contributed by atoms with E-state index in [-0.39, 0.29) is 17.9 Å². The van der Waals surface area contributed by atoms with Gasteiger partial charge in [-0.1, -0.05) is 39.0 Å². The van der Waals surface area contributed by atoms with Crippen molar-refractivity contribution in [1.29, 1.82) is 0 Å². The van der Waals surface area contributed by atoms with E-state index in [1.54, 1.807) is 0 Å². The zero-order valence-corrected chi connectivity index (χ0v) is 13.6. The Balaban J connectivity index is 2.52. The molecule has 2 N–H and O–H groups in total. The Morgan fingerprint density at radius 3 is 2.35 bits per heavy atom. The number of carbonyl (C=O) groups is 2. The largest absolute Gasteiger partial charge is 0.504 e. The summed E-state index contributed by atoms with van der Waals surface area (Å²) in [6.07, 6.45) is 6.46. The van der Waals surface area contributed by atoms with E-state index in [1.165, 1.54) is 25.3 Å². The third-order valence-electron chi connectivity index (χ3n) is 3.28. The maximum absolute atomic E-state index is 11.9. The minimum Gasteiger partial charge on any atom is -0.504 e. The average molecular weight is 324 g/mol. The lowest BCUT2D eigenvalue weighted by Gasteiger charge is -2.09. The molecule has 0 saturated heterocycles. The highest BCUT2D eigenvalue weighted by atomic mass is 16.5. The normalized spacial score (nSPS) is 10.3. The number of esters is 2. The molecule has 0 saturated carbocycles. The number of phenolic OH excluding ortho intramolecular Hbond substituents is 2. The molecule has 0 heterocycles. The van der Waals surface area contributed by atoms with Gasteiger partial charge in [-0.2, -0.15) is 0 Å². The van der Waals surface area contributed by atoms with Crippen molar-refractivity contribution in [3.05, 3.63) is 17.7 Å². The lowest BCUT2D eigenvalue weighted by atomic mass is 10.1. The predicted octanol–water partition coefficient (Wildman–Crippen LogP) is 3.54. The summed E-state index contributed by atoms with van der Waals surface area (Å²) in [6, 6.07) is 2.24. The van der Waals surface area contributed by atoms with E-state index in [1.807, 2.05) is 0 Å². The molecule has 0 aliphatic heterocycles. The topological polar surface area (TPSA) is 93.1 Å². The molecule has 0 atom stereocenters. The Morgan fingerprint density at radius 1 is 1.04 bits per heavy atom. The lowest BCUT2D eigenvalue weighted by molar-refractivity contribution is -0.132. The highest BCUT2D eigenvalue weighted by Crippen LogP contribution is 2.36. The van der Waals surface area contributed by atoms with E-state index in [2.05, 4.69) is 6.92 Å². The first-order valence-electron chi connectivity index (χ1n) is 7.87. The van der Waals surface area contributed by atoms with Crippen LogP contribution in [-0.4, -0.2) is 28.8 Å². The van der Waals surface area contributed by atoms with Crippen molar-refractivity contribution in [3.8, 4) is 17.2 Å². The van der Waals surface area contributed by atoms with Gasteiger partial charge >= 0.3 is 11.9 Å². The Hall–Kier alpha value is -2.24. The first-order valence-corrected chi connectivity index (χ1v) is 7.87. The second-order valence-electron chi connectivity index (χ2n) is 5.34. The third-order valence-corrected chi connectivity index (χ3v) is 3.28. The molecule has 1 aromatic rings. The Bertz CT molecular complexity index is 538. The fourth-order valence-corrected chi connectivity index (χ4v) is 2.07. The van der Waals surface area contributed by atoms with Gasteiger partial charge < -0.3 is 19.7 Å². The molecule has 1 aromatic carbocycles. The summed E-state index contributed by atoms with van der Waals surface area (Å²) in [4.78, 5) is 22.9. The minimum absolute atomic E-state index is 0.0162. The number of hydrogen-bond donors (Lipinski definition) is 2. The van der Waals surface area contributed by atoms with Crippen LogP contribution in [0.15, 0.2) is 12.1 Å². The fraction of sp³-hybridized carbons (Fsp3) is 0.529. The number of ether oxygens (including phenoxy) is 2. The molecule has 0 amide bonds. The van der Waals surface area contributed by atoms with Crippen LogP contribution in [-0.2, 0) is 9.53 Å². The van der Waals surface area contributed by atoms with Crippen molar-refractivity contribution in [1.82, 2.24) is 0 Å². The SMILES string of the molecule is CCCCCCCCOC(=O)c1cc(O)c(O)c(OC(C)=O)c1. The quantitative estimate of drug-likeness (QED) is 0.312. The molecule has 0 fully saturated rings. The summed E-state index contributed by atoms with van der Waals surface area (Å²) < 4.78 is 9.86. The van der Waals surface area contributed by atoms with Crippen LogP contribution in [0.25, 0.3) is 0 Å². The molecule has 0 aliphatic rings. The maximum atomic E-state index is 11.9. The van der Waals surface area contributed by atoms with E-state index < -0.39 is 23.4 Å². The van der Waals surface area contributed by atoms with Crippen LogP contribution < -0.4 is 4.74 Å². The Labute approximate surface area is 136 Å². The van der Waals surface area contributed by atoms with Crippen LogP contribution in [0.2, 0.25) is 0 Å². The van der Waals surface area contributed by atoms with Crippen LogP contribution in [0, 0.1) is 0 Å². The molecule has 0 unspecified atom stereocenters. The molecule has 6 heteroatoms. The average Bonchev–Trinajstić information content (AvgIpc) is 2.50. The number of benzene rings is 1. The highest BCUT2D eigenvalue weighted by molar-refractivity contribution is 5.91. The summed E-state index contributed by atoms with van der Waals surface area (Å²) in [5, 5.41) is 19.2. The summed E-state index contributed by atoms with van der Waals surface area (Å²) in [7, 11) is 0. The van der Waals surface area contributed by atoms with E-state index in [9.17, 15) is 19.8 Å². The van der Waals surface area contributed by atoms with Crippen molar-refractivity contribution < 1.29 is 29.3 Å². The molecule has 1 rings (SSSR count). The zero-order chi connectivity index (χ0) is 17.2. The van der Waals surface area contributed by atoms with Gasteiger partial charge in [0.2, 0.25) is 5.75 Å². The van der Waals surface area contributed by atoms with Gasteiger partial charge in [-0.3, -0.25) is 4.79 Å². The monoisotopic (exact) mass is 324 g/mol. The molecular formula is C17H24O6. The number of phenols is 2. The van der Waals surface area contributed by atoms with Crippen LogP contribution in [0.5, 0.6) is 17.2 Å².